The standard InChI is InChI=1S/C15H22N2O.ClH/c1-12-6-3-4-8-14(12)15(18)17-9-5-7-13(11-17)10-16-2;/h3-4,6,8,13,16H,5,7,9-11H2,1-2H3;1H. The molecule has 1 amide bonds. The van der Waals surface area contributed by atoms with Gasteiger partial charge in [0, 0.05) is 18.7 Å². The second-order valence-electron chi connectivity index (χ2n) is 5.13. The number of nitrogens with one attached hydrogen (secondary N) is 1. The SMILES string of the molecule is CNCC1CCCN(C(=O)c2ccccc2C)C1.Cl. The fourth-order valence-corrected chi connectivity index (χ4v) is 2.69. The number of likely N-dealkylation sites (tertiary alicyclic amines) is 1. The van der Waals surface area contributed by atoms with Crippen molar-refractivity contribution in [3.8, 4) is 0 Å². The fourth-order valence-electron chi connectivity index (χ4n) is 2.69. The van der Waals surface area contributed by atoms with Gasteiger partial charge in [-0.15, -0.1) is 12.4 Å². The Morgan fingerprint density at radius 3 is 2.84 bits per heavy atom. The summed E-state index contributed by atoms with van der Waals surface area (Å²) in [7, 11) is 1.97. The van der Waals surface area contributed by atoms with Crippen LogP contribution in [0.4, 0.5) is 0 Å². The zero-order valence-electron chi connectivity index (χ0n) is 11.7. The summed E-state index contributed by atoms with van der Waals surface area (Å²) in [6.45, 7) is 4.78. The number of piperidine rings is 1. The lowest BCUT2D eigenvalue weighted by Gasteiger charge is -2.33. The number of hydrogen-bond donors (Lipinski definition) is 1. The Morgan fingerprint density at radius 1 is 1.42 bits per heavy atom. The maximum Gasteiger partial charge on any atom is 0.254 e. The van der Waals surface area contributed by atoms with Crippen LogP contribution in [0.2, 0.25) is 0 Å². The molecule has 0 bridgehead atoms. The largest absolute Gasteiger partial charge is 0.338 e. The van der Waals surface area contributed by atoms with Crippen LogP contribution in [-0.2, 0) is 0 Å². The number of halogens is 1. The van der Waals surface area contributed by atoms with E-state index in [9.17, 15) is 4.79 Å². The van der Waals surface area contributed by atoms with Gasteiger partial charge in [-0.3, -0.25) is 4.79 Å². The zero-order valence-corrected chi connectivity index (χ0v) is 12.5. The predicted octanol–water partition coefficient (Wildman–Crippen LogP) is 2.49. The first-order valence-electron chi connectivity index (χ1n) is 6.72. The first-order valence-corrected chi connectivity index (χ1v) is 6.72. The summed E-state index contributed by atoms with van der Waals surface area (Å²) >= 11 is 0. The molecule has 1 aromatic carbocycles. The van der Waals surface area contributed by atoms with Crippen molar-refractivity contribution in [2.24, 2.45) is 5.92 Å². The monoisotopic (exact) mass is 282 g/mol. The maximum absolute atomic E-state index is 12.5. The van der Waals surface area contributed by atoms with Gasteiger partial charge in [0.15, 0.2) is 0 Å². The highest BCUT2D eigenvalue weighted by molar-refractivity contribution is 5.95. The lowest BCUT2D eigenvalue weighted by molar-refractivity contribution is 0.0673. The summed E-state index contributed by atoms with van der Waals surface area (Å²) in [6.07, 6.45) is 2.34. The van der Waals surface area contributed by atoms with Gasteiger partial charge in [0.2, 0.25) is 0 Å². The molecule has 1 heterocycles. The molecule has 1 unspecified atom stereocenters. The minimum atomic E-state index is 0. The van der Waals surface area contributed by atoms with Gasteiger partial charge in [-0.1, -0.05) is 18.2 Å². The van der Waals surface area contributed by atoms with Crippen molar-refractivity contribution in [1.29, 1.82) is 0 Å². The Labute approximate surface area is 121 Å². The van der Waals surface area contributed by atoms with Crippen molar-refractivity contribution in [3.63, 3.8) is 0 Å². The molecule has 3 nitrogen and oxygen atoms in total. The fraction of sp³-hybridized carbons (Fsp3) is 0.533. The van der Waals surface area contributed by atoms with Crippen molar-refractivity contribution >= 4 is 18.3 Å². The molecule has 1 atom stereocenters. The Balaban J connectivity index is 0.00000180. The summed E-state index contributed by atoms with van der Waals surface area (Å²) in [6, 6.07) is 7.85. The van der Waals surface area contributed by atoms with Crippen LogP contribution < -0.4 is 5.32 Å². The van der Waals surface area contributed by atoms with Gasteiger partial charge in [0.1, 0.15) is 0 Å². The van der Waals surface area contributed by atoms with Gasteiger partial charge in [-0.2, -0.15) is 0 Å². The van der Waals surface area contributed by atoms with Crippen LogP contribution in [0.25, 0.3) is 0 Å². The number of benzene rings is 1. The van der Waals surface area contributed by atoms with E-state index in [-0.39, 0.29) is 18.3 Å². The topological polar surface area (TPSA) is 32.3 Å². The molecule has 0 radical (unpaired) electrons. The molecule has 2 rings (SSSR count). The van der Waals surface area contributed by atoms with Gasteiger partial charge in [0.25, 0.3) is 5.91 Å². The first kappa shape index (κ1) is 16.0. The molecule has 1 aromatic rings. The van der Waals surface area contributed by atoms with E-state index in [0.717, 1.165) is 37.2 Å². The van der Waals surface area contributed by atoms with Crippen LogP contribution in [0.1, 0.15) is 28.8 Å². The van der Waals surface area contributed by atoms with Crippen LogP contribution in [0.5, 0.6) is 0 Å². The average molecular weight is 283 g/mol. The number of carbonyl (C=O) groups excluding carboxylic acids is 1. The zero-order chi connectivity index (χ0) is 13.0. The number of rotatable bonds is 3. The summed E-state index contributed by atoms with van der Waals surface area (Å²) in [5, 5.41) is 3.21. The molecular weight excluding hydrogens is 260 g/mol. The van der Waals surface area contributed by atoms with Crippen LogP contribution in [0.3, 0.4) is 0 Å². The first-order chi connectivity index (χ1) is 8.72. The summed E-state index contributed by atoms with van der Waals surface area (Å²) in [5.41, 5.74) is 1.92. The molecule has 0 saturated carbocycles. The van der Waals surface area contributed by atoms with Crippen molar-refractivity contribution < 1.29 is 4.79 Å². The van der Waals surface area contributed by atoms with E-state index >= 15 is 0 Å². The van der Waals surface area contributed by atoms with E-state index in [1.807, 2.05) is 43.1 Å². The molecule has 1 aliphatic heterocycles. The quantitative estimate of drug-likeness (QED) is 0.924. The number of aryl methyl sites for hydroxylation is 1. The smallest absolute Gasteiger partial charge is 0.254 e. The number of nitrogens with zero attached hydrogens (tertiary/aromatic N) is 1. The summed E-state index contributed by atoms with van der Waals surface area (Å²) < 4.78 is 0. The normalized spacial score (nSPS) is 18.8. The van der Waals surface area contributed by atoms with E-state index in [2.05, 4.69) is 5.32 Å². The second-order valence-corrected chi connectivity index (χ2v) is 5.13. The lowest BCUT2D eigenvalue weighted by Crippen LogP contribution is -2.42. The molecule has 106 valence electrons. The van der Waals surface area contributed by atoms with Gasteiger partial charge < -0.3 is 10.2 Å². The Kier molecular flexibility index (Phi) is 6.32. The third-order valence-electron chi connectivity index (χ3n) is 3.67. The third kappa shape index (κ3) is 3.95. The predicted molar refractivity (Wildman–Crippen MR) is 81.0 cm³/mol. The van der Waals surface area contributed by atoms with Gasteiger partial charge in [-0.05, 0) is 50.9 Å². The van der Waals surface area contributed by atoms with Crippen molar-refractivity contribution in [1.82, 2.24) is 10.2 Å². The van der Waals surface area contributed by atoms with E-state index in [0.29, 0.717) is 5.92 Å². The highest BCUT2D eigenvalue weighted by Crippen LogP contribution is 2.19. The molecule has 0 aliphatic carbocycles. The van der Waals surface area contributed by atoms with Gasteiger partial charge in [0.05, 0.1) is 0 Å². The van der Waals surface area contributed by atoms with Gasteiger partial charge in [-0.25, -0.2) is 0 Å². The molecule has 0 aromatic heterocycles. The summed E-state index contributed by atoms with van der Waals surface area (Å²) in [4.78, 5) is 14.5. The molecule has 4 heteroatoms. The number of amides is 1. The molecular formula is C15H23ClN2O. The van der Waals surface area contributed by atoms with E-state index in [1.165, 1.54) is 6.42 Å². The lowest BCUT2D eigenvalue weighted by atomic mass is 9.97. The van der Waals surface area contributed by atoms with E-state index < -0.39 is 0 Å². The van der Waals surface area contributed by atoms with E-state index in [1.54, 1.807) is 0 Å². The average Bonchev–Trinajstić information content (AvgIpc) is 2.39. The van der Waals surface area contributed by atoms with E-state index in [4.69, 9.17) is 0 Å². The molecule has 19 heavy (non-hydrogen) atoms. The van der Waals surface area contributed by atoms with Gasteiger partial charge >= 0.3 is 0 Å². The molecule has 1 N–H and O–H groups in total. The number of carbonyl (C=O) groups is 1. The van der Waals surface area contributed by atoms with Crippen LogP contribution in [-0.4, -0.2) is 37.5 Å². The molecule has 1 saturated heterocycles. The summed E-state index contributed by atoms with van der Waals surface area (Å²) in [5.74, 6) is 0.783. The highest BCUT2D eigenvalue weighted by Gasteiger charge is 2.24. The Bertz CT molecular complexity index is 420. The van der Waals surface area contributed by atoms with Crippen molar-refractivity contribution in [2.75, 3.05) is 26.7 Å². The van der Waals surface area contributed by atoms with Crippen LogP contribution in [0, 0.1) is 12.8 Å². The van der Waals surface area contributed by atoms with Crippen LogP contribution in [0.15, 0.2) is 24.3 Å². The Morgan fingerprint density at radius 2 is 2.16 bits per heavy atom. The molecule has 0 spiro atoms. The number of hydrogen-bond acceptors (Lipinski definition) is 2. The van der Waals surface area contributed by atoms with Crippen molar-refractivity contribution in [3.05, 3.63) is 35.4 Å². The second kappa shape index (κ2) is 7.51. The molecule has 1 aliphatic rings. The third-order valence-corrected chi connectivity index (χ3v) is 3.67. The minimum Gasteiger partial charge on any atom is -0.338 e. The molecule has 1 fully saturated rings. The minimum absolute atomic E-state index is 0. The van der Waals surface area contributed by atoms with Crippen LogP contribution >= 0.6 is 12.4 Å². The maximum atomic E-state index is 12.5. The Hall–Kier alpha value is -1.06. The van der Waals surface area contributed by atoms with Crippen molar-refractivity contribution in [2.45, 2.75) is 19.8 Å². The highest BCUT2D eigenvalue weighted by atomic mass is 35.5.